The van der Waals surface area contributed by atoms with Gasteiger partial charge in [0.05, 0.1) is 0 Å². The molecule has 0 saturated carbocycles. The third-order valence-corrected chi connectivity index (χ3v) is 8.18. The van der Waals surface area contributed by atoms with E-state index in [1.165, 1.54) is 25.3 Å². The molecule has 0 fully saturated rings. The average Bonchev–Trinajstić information content (AvgIpc) is 1.81. The van der Waals surface area contributed by atoms with Gasteiger partial charge in [0.15, 0.2) is 16.6 Å². The lowest BCUT2D eigenvalue weighted by Crippen LogP contribution is -2.42. The van der Waals surface area contributed by atoms with E-state index in [1.807, 2.05) is 0 Å². The first-order valence-corrected chi connectivity index (χ1v) is 12.0. The van der Waals surface area contributed by atoms with Gasteiger partial charge in [-0.15, -0.1) is 0 Å². The second-order valence-corrected chi connectivity index (χ2v) is 14.5. The highest BCUT2D eigenvalue weighted by molar-refractivity contribution is 6.84. The van der Waals surface area contributed by atoms with E-state index >= 15 is 0 Å². The normalized spacial score (nSPS) is 13.4. The van der Waals surface area contributed by atoms with E-state index in [-0.39, 0.29) is 0 Å². The number of rotatable bonds is 6. The molecule has 0 saturated heterocycles. The average molecular weight is 218 g/mol. The van der Waals surface area contributed by atoms with Crippen molar-refractivity contribution >= 4 is 16.6 Å². The Labute approximate surface area is 86.1 Å². The molecule has 0 aliphatic rings. The minimum absolute atomic E-state index is 1.29. The van der Waals surface area contributed by atoms with Crippen LogP contribution >= 0.6 is 0 Å². The fraction of sp³-hybridized carbons (Fsp3) is 1.00. The fourth-order valence-electron chi connectivity index (χ4n) is 1.68. The highest BCUT2D eigenvalue weighted by atomic mass is 28.4. The third kappa shape index (κ3) is 8.72. The van der Waals surface area contributed by atoms with Gasteiger partial charge in [0.1, 0.15) is 0 Å². The zero-order chi connectivity index (χ0) is 10.5. The largest absolute Gasteiger partial charge is 0.456 e. The predicted molar refractivity (Wildman–Crippen MR) is 66.2 cm³/mol. The van der Waals surface area contributed by atoms with Crippen molar-refractivity contribution in [2.24, 2.45) is 0 Å². The molecule has 0 aromatic rings. The molecule has 0 unspecified atom stereocenters. The van der Waals surface area contributed by atoms with Crippen molar-refractivity contribution in [3.63, 3.8) is 0 Å². The number of hydrogen-bond acceptors (Lipinski definition) is 1. The molecule has 3 heteroatoms. The molecule has 0 atom stereocenters. The molecule has 0 radical (unpaired) electrons. The lowest BCUT2D eigenvalue weighted by Gasteiger charge is -2.31. The highest BCUT2D eigenvalue weighted by Gasteiger charge is 2.28. The Bertz CT molecular complexity index is 138. The molecule has 1 nitrogen and oxygen atoms in total. The molecule has 0 N–H and O–H groups in total. The van der Waals surface area contributed by atoms with E-state index in [1.54, 1.807) is 0 Å². The fourth-order valence-corrected chi connectivity index (χ4v) is 9.82. The summed E-state index contributed by atoms with van der Waals surface area (Å²) in [5, 5.41) is 0. The van der Waals surface area contributed by atoms with Crippen LogP contribution in [-0.4, -0.2) is 16.6 Å². The maximum atomic E-state index is 6.25. The maximum Gasteiger partial charge on any atom is 0.173 e. The summed E-state index contributed by atoms with van der Waals surface area (Å²) < 4.78 is 6.25. The monoisotopic (exact) mass is 218 g/mol. The predicted octanol–water partition coefficient (Wildman–Crippen LogP) is 4.23. The van der Waals surface area contributed by atoms with Gasteiger partial charge in [-0.25, -0.2) is 0 Å². The van der Waals surface area contributed by atoms with Gasteiger partial charge in [-0.3, -0.25) is 0 Å². The summed E-state index contributed by atoms with van der Waals surface area (Å²) in [5.74, 6) is 0. The summed E-state index contributed by atoms with van der Waals surface area (Å²) >= 11 is 0. The Morgan fingerprint density at radius 1 is 0.923 bits per heavy atom. The van der Waals surface area contributed by atoms with Gasteiger partial charge >= 0.3 is 0 Å². The van der Waals surface area contributed by atoms with Crippen LogP contribution in [0.5, 0.6) is 0 Å². The molecule has 80 valence electrons. The molecule has 0 rings (SSSR count). The van der Waals surface area contributed by atoms with E-state index in [0.29, 0.717) is 0 Å². The Morgan fingerprint density at radius 2 is 1.46 bits per heavy atom. The first kappa shape index (κ1) is 13.4. The van der Waals surface area contributed by atoms with Gasteiger partial charge in [-0.1, -0.05) is 26.2 Å². The summed E-state index contributed by atoms with van der Waals surface area (Å²) in [5.41, 5.74) is 0. The Balaban J connectivity index is 3.80. The van der Waals surface area contributed by atoms with Gasteiger partial charge < -0.3 is 4.12 Å². The van der Waals surface area contributed by atoms with Gasteiger partial charge in [0.25, 0.3) is 0 Å². The van der Waals surface area contributed by atoms with Crippen LogP contribution in [0.25, 0.3) is 0 Å². The van der Waals surface area contributed by atoms with Crippen molar-refractivity contribution in [1.29, 1.82) is 0 Å². The van der Waals surface area contributed by atoms with Gasteiger partial charge in [-0.2, -0.15) is 0 Å². The second kappa shape index (κ2) is 5.32. The van der Waals surface area contributed by atoms with Gasteiger partial charge in [0.2, 0.25) is 0 Å². The van der Waals surface area contributed by atoms with Crippen molar-refractivity contribution in [2.75, 3.05) is 0 Å². The van der Waals surface area contributed by atoms with Crippen molar-refractivity contribution in [1.82, 2.24) is 0 Å². The summed E-state index contributed by atoms with van der Waals surface area (Å²) in [6.45, 7) is 13.9. The van der Waals surface area contributed by atoms with Crippen molar-refractivity contribution < 1.29 is 4.12 Å². The Hall–Kier alpha value is 0.394. The molecular formula is C10H26OSi2. The van der Waals surface area contributed by atoms with Crippen molar-refractivity contribution in [3.05, 3.63) is 0 Å². The van der Waals surface area contributed by atoms with Crippen LogP contribution in [0, 0.1) is 0 Å². The topological polar surface area (TPSA) is 9.23 Å². The van der Waals surface area contributed by atoms with Gasteiger partial charge in [-0.05, 0) is 38.8 Å². The standard InChI is InChI=1S/C10H26OSi2/c1-7-8-9-10-13(5,6)11-12(2,3)4/h7-10H2,1-6H3. The van der Waals surface area contributed by atoms with Crippen LogP contribution in [0.4, 0.5) is 0 Å². The first-order valence-electron chi connectivity index (χ1n) is 5.47. The molecular weight excluding hydrogens is 192 g/mol. The zero-order valence-corrected chi connectivity index (χ0v) is 12.2. The minimum atomic E-state index is -1.31. The van der Waals surface area contributed by atoms with Crippen LogP contribution in [0.15, 0.2) is 0 Å². The molecule has 0 aliphatic carbocycles. The maximum absolute atomic E-state index is 6.25. The molecule has 0 bridgehead atoms. The van der Waals surface area contributed by atoms with Crippen LogP contribution in [0.1, 0.15) is 26.2 Å². The van der Waals surface area contributed by atoms with E-state index in [4.69, 9.17) is 4.12 Å². The minimum Gasteiger partial charge on any atom is -0.456 e. The Kier molecular flexibility index (Phi) is 5.48. The summed E-state index contributed by atoms with van der Waals surface area (Å²) in [4.78, 5) is 0. The Morgan fingerprint density at radius 3 is 1.85 bits per heavy atom. The summed E-state index contributed by atoms with van der Waals surface area (Å²) in [7, 11) is -2.61. The molecule has 0 aromatic carbocycles. The second-order valence-electron chi connectivity index (χ2n) is 5.43. The molecule has 0 aromatic heterocycles. The van der Waals surface area contributed by atoms with Crippen LogP contribution in [0.3, 0.4) is 0 Å². The molecule has 0 spiro atoms. The number of unbranched alkanes of at least 4 members (excludes halogenated alkanes) is 2. The number of hydrogen-bond donors (Lipinski definition) is 0. The SMILES string of the molecule is CCCCC[Si](C)(C)O[Si](C)(C)C. The van der Waals surface area contributed by atoms with Crippen molar-refractivity contribution in [2.45, 2.75) is 65.0 Å². The molecule has 13 heavy (non-hydrogen) atoms. The van der Waals surface area contributed by atoms with Gasteiger partial charge in [0, 0.05) is 0 Å². The lowest BCUT2D eigenvalue weighted by atomic mass is 10.3. The highest BCUT2D eigenvalue weighted by Crippen LogP contribution is 2.20. The lowest BCUT2D eigenvalue weighted by molar-refractivity contribution is 0.541. The summed E-state index contributed by atoms with van der Waals surface area (Å²) in [6.07, 6.45) is 4.04. The van der Waals surface area contributed by atoms with Crippen LogP contribution in [-0.2, 0) is 4.12 Å². The zero-order valence-electron chi connectivity index (χ0n) is 10.2. The van der Waals surface area contributed by atoms with Crippen LogP contribution < -0.4 is 0 Å². The van der Waals surface area contributed by atoms with E-state index in [0.717, 1.165) is 0 Å². The quantitative estimate of drug-likeness (QED) is 0.479. The third-order valence-electron chi connectivity index (χ3n) is 1.96. The summed E-state index contributed by atoms with van der Waals surface area (Å²) in [6, 6.07) is 1.34. The van der Waals surface area contributed by atoms with Crippen molar-refractivity contribution in [3.8, 4) is 0 Å². The molecule has 0 amide bonds. The van der Waals surface area contributed by atoms with Crippen LogP contribution in [0.2, 0.25) is 38.8 Å². The van der Waals surface area contributed by atoms with E-state index in [9.17, 15) is 0 Å². The molecule has 0 heterocycles. The van der Waals surface area contributed by atoms with E-state index < -0.39 is 16.6 Å². The smallest absolute Gasteiger partial charge is 0.173 e. The van der Waals surface area contributed by atoms with E-state index in [2.05, 4.69) is 39.7 Å². The molecule has 0 aliphatic heterocycles. The first-order chi connectivity index (χ1) is 5.77.